The molecule has 1 amide bonds. The van der Waals surface area contributed by atoms with Crippen molar-refractivity contribution in [3.63, 3.8) is 0 Å². The minimum absolute atomic E-state index is 0. The van der Waals surface area contributed by atoms with E-state index in [1.54, 1.807) is 0 Å². The fraction of sp³-hybridized carbons (Fsp3) is 0.400. The molecule has 1 saturated heterocycles. The van der Waals surface area contributed by atoms with E-state index < -0.39 is 11.7 Å². The van der Waals surface area contributed by atoms with Crippen molar-refractivity contribution in [3.05, 3.63) is 36.2 Å². The predicted octanol–water partition coefficient (Wildman–Crippen LogP) is 2.65. The first-order valence-electron chi connectivity index (χ1n) is 7.55. The van der Waals surface area contributed by atoms with Crippen LogP contribution in [0.1, 0.15) is 18.4 Å². The Morgan fingerprint density at radius 3 is 2.68 bits per heavy atom. The molecule has 1 fully saturated rings. The van der Waals surface area contributed by atoms with Crippen molar-refractivity contribution in [2.45, 2.75) is 19.0 Å². The zero-order chi connectivity index (χ0) is 17.2. The lowest BCUT2D eigenvalue weighted by molar-refractivity contribution is -0.137. The van der Waals surface area contributed by atoms with Gasteiger partial charge < -0.3 is 10.6 Å². The van der Waals surface area contributed by atoms with E-state index in [-0.39, 0.29) is 35.9 Å². The normalized spacial score (nSPS) is 15.5. The maximum atomic E-state index is 13.0. The molecule has 0 unspecified atom stereocenters. The summed E-state index contributed by atoms with van der Waals surface area (Å²) in [6.45, 7) is 1.55. The highest BCUT2D eigenvalue weighted by Gasteiger charge is 2.35. The van der Waals surface area contributed by atoms with Crippen molar-refractivity contribution in [3.8, 4) is 5.82 Å². The number of piperidine rings is 1. The summed E-state index contributed by atoms with van der Waals surface area (Å²) in [7, 11) is 0. The van der Waals surface area contributed by atoms with E-state index >= 15 is 0 Å². The summed E-state index contributed by atoms with van der Waals surface area (Å²) < 4.78 is 40.1. The quantitative estimate of drug-likeness (QED) is 0.865. The summed E-state index contributed by atoms with van der Waals surface area (Å²) in [4.78, 5) is 15.9. The molecule has 0 bridgehead atoms. The maximum Gasteiger partial charge on any atom is 0.420 e. The third kappa shape index (κ3) is 4.49. The smallest absolute Gasteiger partial charge is 0.317 e. The Kier molecular flexibility index (Phi) is 6.02. The first-order valence-corrected chi connectivity index (χ1v) is 7.55. The summed E-state index contributed by atoms with van der Waals surface area (Å²) in [5.41, 5.74) is -0.885. The lowest BCUT2D eigenvalue weighted by Gasteiger charge is -2.21. The third-order valence-electron chi connectivity index (χ3n) is 3.86. The number of nitrogens with zero attached hydrogens (tertiary/aromatic N) is 3. The first-order chi connectivity index (χ1) is 11.4. The number of aromatic nitrogens is 3. The molecule has 0 spiro atoms. The molecule has 0 atom stereocenters. The van der Waals surface area contributed by atoms with Crippen LogP contribution in [0.5, 0.6) is 0 Å². The van der Waals surface area contributed by atoms with Crippen LogP contribution in [0.25, 0.3) is 5.82 Å². The maximum absolute atomic E-state index is 13.0. The van der Waals surface area contributed by atoms with Gasteiger partial charge in [0.05, 0.1) is 0 Å². The summed E-state index contributed by atoms with van der Waals surface area (Å²) in [5.74, 6) is -0.402. The minimum Gasteiger partial charge on any atom is -0.317 e. The Labute approximate surface area is 148 Å². The molecule has 2 aromatic heterocycles. The molecule has 0 radical (unpaired) electrons. The minimum atomic E-state index is -4.53. The van der Waals surface area contributed by atoms with Gasteiger partial charge in [0, 0.05) is 24.4 Å². The number of amides is 1. The molecule has 6 nitrogen and oxygen atoms in total. The van der Waals surface area contributed by atoms with E-state index in [9.17, 15) is 18.0 Å². The van der Waals surface area contributed by atoms with Gasteiger partial charge in [0.1, 0.15) is 5.56 Å². The van der Waals surface area contributed by atoms with Crippen LogP contribution < -0.4 is 10.6 Å². The van der Waals surface area contributed by atoms with E-state index in [4.69, 9.17) is 0 Å². The van der Waals surface area contributed by atoms with Crippen molar-refractivity contribution >= 4 is 24.1 Å². The fourth-order valence-corrected chi connectivity index (χ4v) is 2.62. The van der Waals surface area contributed by atoms with Gasteiger partial charge in [0.2, 0.25) is 5.91 Å². The van der Waals surface area contributed by atoms with E-state index in [0.29, 0.717) is 0 Å². The number of alkyl halides is 3. The first kappa shape index (κ1) is 19.2. The number of carbonyl (C=O) groups is 1. The number of halogens is 4. The molecule has 1 aliphatic rings. The van der Waals surface area contributed by atoms with Gasteiger partial charge in [-0.3, -0.25) is 4.79 Å². The molecule has 3 heterocycles. The SMILES string of the molecule is Cl.O=C(Nc1ccn(-c2ncccc2C(F)(F)F)n1)C1CCNCC1. The summed E-state index contributed by atoms with van der Waals surface area (Å²) in [6, 6.07) is 3.61. The van der Waals surface area contributed by atoms with Gasteiger partial charge in [0.15, 0.2) is 11.6 Å². The number of pyridine rings is 1. The van der Waals surface area contributed by atoms with Crippen molar-refractivity contribution in [1.29, 1.82) is 0 Å². The molecule has 10 heteroatoms. The largest absolute Gasteiger partial charge is 0.420 e. The second-order valence-electron chi connectivity index (χ2n) is 5.53. The van der Waals surface area contributed by atoms with Crippen LogP contribution in [0.3, 0.4) is 0 Å². The van der Waals surface area contributed by atoms with E-state index in [1.807, 2.05) is 0 Å². The van der Waals surface area contributed by atoms with Crippen LogP contribution >= 0.6 is 12.4 Å². The third-order valence-corrected chi connectivity index (χ3v) is 3.86. The molecule has 3 rings (SSSR count). The Hall–Kier alpha value is -2.13. The highest BCUT2D eigenvalue weighted by molar-refractivity contribution is 5.91. The molecule has 0 aliphatic carbocycles. The van der Waals surface area contributed by atoms with E-state index in [0.717, 1.165) is 36.7 Å². The molecular formula is C15H17ClF3N5O. The van der Waals surface area contributed by atoms with Gasteiger partial charge in [-0.25, -0.2) is 9.67 Å². The molecule has 25 heavy (non-hydrogen) atoms. The van der Waals surface area contributed by atoms with Gasteiger partial charge in [-0.1, -0.05) is 0 Å². The monoisotopic (exact) mass is 375 g/mol. The van der Waals surface area contributed by atoms with Crippen molar-refractivity contribution in [2.75, 3.05) is 18.4 Å². The Bertz CT molecular complexity index is 728. The van der Waals surface area contributed by atoms with Gasteiger partial charge in [-0.05, 0) is 38.1 Å². The average Bonchev–Trinajstić information content (AvgIpc) is 3.03. The Morgan fingerprint density at radius 2 is 2.00 bits per heavy atom. The van der Waals surface area contributed by atoms with Crippen LogP contribution in [0.2, 0.25) is 0 Å². The lowest BCUT2D eigenvalue weighted by atomic mass is 9.97. The van der Waals surface area contributed by atoms with Crippen LogP contribution in [0.15, 0.2) is 30.6 Å². The number of rotatable bonds is 3. The molecule has 136 valence electrons. The van der Waals surface area contributed by atoms with Crippen molar-refractivity contribution in [2.24, 2.45) is 5.92 Å². The van der Waals surface area contributed by atoms with Crippen LogP contribution in [0, 0.1) is 5.92 Å². The van der Waals surface area contributed by atoms with E-state index in [2.05, 4.69) is 20.7 Å². The number of carbonyl (C=O) groups excluding carboxylic acids is 1. The molecular weight excluding hydrogens is 359 g/mol. The van der Waals surface area contributed by atoms with E-state index in [1.165, 1.54) is 24.5 Å². The van der Waals surface area contributed by atoms with Gasteiger partial charge >= 0.3 is 6.18 Å². The molecule has 0 aromatic carbocycles. The highest BCUT2D eigenvalue weighted by atomic mass is 35.5. The lowest BCUT2D eigenvalue weighted by Crippen LogP contribution is -2.34. The van der Waals surface area contributed by atoms with Crippen LogP contribution in [-0.4, -0.2) is 33.8 Å². The van der Waals surface area contributed by atoms with Gasteiger partial charge in [0.25, 0.3) is 0 Å². The Morgan fingerprint density at radius 1 is 1.28 bits per heavy atom. The Balaban J connectivity index is 0.00000225. The second-order valence-corrected chi connectivity index (χ2v) is 5.53. The topological polar surface area (TPSA) is 71.8 Å². The number of nitrogens with one attached hydrogen (secondary N) is 2. The predicted molar refractivity (Wildman–Crippen MR) is 87.8 cm³/mol. The molecule has 2 N–H and O–H groups in total. The highest BCUT2D eigenvalue weighted by Crippen LogP contribution is 2.32. The van der Waals surface area contributed by atoms with Gasteiger partial charge in [-0.15, -0.1) is 17.5 Å². The number of hydrogen-bond acceptors (Lipinski definition) is 4. The zero-order valence-electron chi connectivity index (χ0n) is 13.1. The molecule has 0 saturated carbocycles. The standard InChI is InChI=1S/C15H16F3N5O.ClH/c16-15(17,18)11-2-1-6-20-13(11)23-9-5-12(22-23)21-14(24)10-3-7-19-8-4-10;/h1-2,5-6,9-10,19H,3-4,7-8H2,(H,21,22,24);1H. The zero-order valence-corrected chi connectivity index (χ0v) is 13.9. The number of anilines is 1. The van der Waals surface area contributed by atoms with Crippen molar-refractivity contribution < 1.29 is 18.0 Å². The summed E-state index contributed by atoms with van der Waals surface area (Å²) >= 11 is 0. The summed E-state index contributed by atoms with van der Waals surface area (Å²) in [5, 5.41) is 9.81. The second kappa shape index (κ2) is 7.83. The average molecular weight is 376 g/mol. The van der Waals surface area contributed by atoms with Crippen LogP contribution in [0.4, 0.5) is 19.0 Å². The summed E-state index contributed by atoms with van der Waals surface area (Å²) in [6.07, 6.45) is -0.473. The van der Waals surface area contributed by atoms with Crippen LogP contribution in [-0.2, 0) is 11.0 Å². The number of hydrogen-bond donors (Lipinski definition) is 2. The molecule has 2 aromatic rings. The van der Waals surface area contributed by atoms with Gasteiger partial charge in [-0.2, -0.15) is 13.2 Å². The van der Waals surface area contributed by atoms with Crippen molar-refractivity contribution in [1.82, 2.24) is 20.1 Å². The molecule has 1 aliphatic heterocycles. The fourth-order valence-electron chi connectivity index (χ4n) is 2.62.